The first-order valence-corrected chi connectivity index (χ1v) is 12.5. The summed E-state index contributed by atoms with van der Waals surface area (Å²) in [6.07, 6.45) is 0. The maximum absolute atomic E-state index is 12.7. The molecule has 1 aromatic heterocycles. The third-order valence-corrected chi connectivity index (χ3v) is 5.94. The molecule has 0 spiro atoms. The van der Waals surface area contributed by atoms with E-state index in [0.29, 0.717) is 12.3 Å². The number of benzene rings is 2. The van der Waals surface area contributed by atoms with Gasteiger partial charge in [-0.1, -0.05) is 36.1 Å². The van der Waals surface area contributed by atoms with E-state index in [4.69, 9.17) is 14.2 Å². The molecule has 1 N–H and O–H groups in total. The van der Waals surface area contributed by atoms with Gasteiger partial charge in [-0.05, 0) is 29.8 Å². The minimum atomic E-state index is -0.892. The van der Waals surface area contributed by atoms with Crippen LogP contribution in [0.5, 0.6) is 6.01 Å². The summed E-state index contributed by atoms with van der Waals surface area (Å²) < 4.78 is 15.1. The molecule has 2 aromatic carbocycles. The highest BCUT2D eigenvalue weighted by molar-refractivity contribution is 5.87. The first kappa shape index (κ1) is 27.4. The van der Waals surface area contributed by atoms with Gasteiger partial charge in [0.15, 0.2) is 5.69 Å². The quantitative estimate of drug-likeness (QED) is 0.160. The normalized spacial score (nSPS) is 14.0. The summed E-state index contributed by atoms with van der Waals surface area (Å²) in [7, 11) is 4.29. The molecule has 2 heterocycles. The molecule has 1 aliphatic rings. The summed E-state index contributed by atoms with van der Waals surface area (Å²) in [6, 6.07) is 17.5. The lowest BCUT2D eigenvalue weighted by molar-refractivity contribution is -1.00. The van der Waals surface area contributed by atoms with Gasteiger partial charge in [0.05, 0.1) is 25.5 Å². The largest absolute Gasteiger partial charge is 0.461 e. The number of rotatable bonds is 8. The highest BCUT2D eigenvalue weighted by Crippen LogP contribution is 2.22. The van der Waals surface area contributed by atoms with Crippen LogP contribution in [0.4, 0.5) is 0 Å². The van der Waals surface area contributed by atoms with E-state index in [1.165, 1.54) is 19.7 Å². The zero-order valence-electron chi connectivity index (χ0n) is 22.0. The number of methoxy groups -OCH3 is 1. The minimum absolute atomic E-state index is 0.0392. The molecule has 1 aliphatic heterocycles. The summed E-state index contributed by atoms with van der Waals surface area (Å²) in [5.74, 6) is 5.83. The molecule has 0 radical (unpaired) electrons. The minimum Gasteiger partial charge on any atom is -0.461 e. The van der Waals surface area contributed by atoms with Crippen molar-refractivity contribution in [2.45, 2.75) is 6.54 Å². The van der Waals surface area contributed by atoms with Crippen LogP contribution in [0.3, 0.4) is 0 Å². The Morgan fingerprint density at radius 3 is 2.24 bits per heavy atom. The van der Waals surface area contributed by atoms with Gasteiger partial charge in [-0.25, -0.2) is 10.0 Å². The van der Waals surface area contributed by atoms with Gasteiger partial charge in [0.2, 0.25) is 0 Å². The number of hydrogen-bond donors (Lipinski definition) is 1. The van der Waals surface area contributed by atoms with Crippen molar-refractivity contribution in [3.05, 3.63) is 77.0 Å². The Kier molecular flexibility index (Phi) is 9.18. The molecule has 0 unspecified atom stereocenters. The number of morpholine rings is 1. The molecule has 9 heteroatoms. The van der Waals surface area contributed by atoms with Crippen LogP contribution in [0.2, 0.25) is 0 Å². The molecule has 4 rings (SSSR count). The third kappa shape index (κ3) is 7.68. The van der Waals surface area contributed by atoms with Gasteiger partial charge in [-0.2, -0.15) is 9.97 Å². The predicted molar refractivity (Wildman–Crippen MR) is 142 cm³/mol. The molecule has 1 amide bonds. The molecular weight excluding hydrogens is 484 g/mol. The Hall–Kier alpha value is -3.65. The lowest BCUT2D eigenvalue weighted by Crippen LogP contribution is -2.42. The molecule has 1 saturated heterocycles. The van der Waals surface area contributed by atoms with Gasteiger partial charge < -0.3 is 14.2 Å². The van der Waals surface area contributed by atoms with E-state index in [0.717, 1.165) is 49.5 Å². The summed E-state index contributed by atoms with van der Waals surface area (Å²) >= 11 is 0. The number of carbonyl (C=O) groups excluding carboxylic acids is 1. The van der Waals surface area contributed by atoms with Crippen LogP contribution < -0.4 is 4.74 Å². The second-order valence-electron chi connectivity index (χ2n) is 9.37. The second-order valence-corrected chi connectivity index (χ2v) is 9.37. The zero-order chi connectivity index (χ0) is 27.0. The standard InChI is InChI=1S/C29H33N4O5/c1-33(2,35)28(34)27-20-26(30-29(31-27)38-19-18-36-3)25-12-10-23(11-13-25)5-4-22-6-8-24(9-7-22)21-32-14-16-37-17-15-32/h6-13,20,35H,14-19,21H2,1-3H3/q+1. The number of aromatic nitrogens is 2. The van der Waals surface area contributed by atoms with Gasteiger partial charge in [-0.15, -0.1) is 4.65 Å². The van der Waals surface area contributed by atoms with Crippen LogP contribution in [0.15, 0.2) is 54.6 Å². The van der Waals surface area contributed by atoms with E-state index in [-0.39, 0.29) is 18.3 Å². The second kappa shape index (κ2) is 12.7. The molecule has 0 saturated carbocycles. The van der Waals surface area contributed by atoms with E-state index in [1.54, 1.807) is 13.2 Å². The topological polar surface area (TPSA) is 94.0 Å². The summed E-state index contributed by atoms with van der Waals surface area (Å²) in [4.78, 5) is 23.7. The Morgan fingerprint density at radius 2 is 1.63 bits per heavy atom. The number of nitrogens with zero attached hydrogens (tertiary/aromatic N) is 4. The first-order chi connectivity index (χ1) is 18.3. The van der Waals surface area contributed by atoms with Crippen molar-refractivity contribution < 1.29 is 28.9 Å². The van der Waals surface area contributed by atoms with Crippen molar-refractivity contribution in [1.82, 2.24) is 14.9 Å². The lowest BCUT2D eigenvalue weighted by Gasteiger charge is -2.26. The van der Waals surface area contributed by atoms with Crippen LogP contribution in [0, 0.1) is 11.8 Å². The maximum Gasteiger partial charge on any atom is 0.396 e. The first-order valence-electron chi connectivity index (χ1n) is 12.5. The highest BCUT2D eigenvalue weighted by atomic mass is 16.6. The fraction of sp³-hybridized carbons (Fsp3) is 0.345. The van der Waals surface area contributed by atoms with Gasteiger partial charge in [0.1, 0.15) is 20.7 Å². The van der Waals surface area contributed by atoms with Crippen molar-refractivity contribution in [1.29, 1.82) is 0 Å². The van der Waals surface area contributed by atoms with E-state index in [2.05, 4.69) is 38.8 Å². The van der Waals surface area contributed by atoms with E-state index in [1.807, 2.05) is 36.4 Å². The zero-order valence-corrected chi connectivity index (χ0v) is 22.0. The Bertz CT molecular complexity index is 1290. The molecule has 1 fully saturated rings. The third-order valence-electron chi connectivity index (χ3n) is 5.94. The number of carbonyl (C=O) groups is 1. The monoisotopic (exact) mass is 517 g/mol. The van der Waals surface area contributed by atoms with Crippen LogP contribution in [0.1, 0.15) is 27.2 Å². The highest BCUT2D eigenvalue weighted by Gasteiger charge is 2.29. The van der Waals surface area contributed by atoms with E-state index >= 15 is 0 Å². The number of amides is 1. The Morgan fingerprint density at radius 1 is 1.00 bits per heavy atom. The van der Waals surface area contributed by atoms with Crippen molar-refractivity contribution in [2.24, 2.45) is 0 Å². The number of quaternary nitrogens is 1. The molecule has 198 valence electrons. The predicted octanol–water partition coefficient (Wildman–Crippen LogP) is 3.01. The van der Waals surface area contributed by atoms with Gasteiger partial charge in [0.25, 0.3) is 0 Å². The molecule has 0 atom stereocenters. The van der Waals surface area contributed by atoms with Crippen LogP contribution >= 0.6 is 0 Å². The molecule has 0 aliphatic carbocycles. The smallest absolute Gasteiger partial charge is 0.396 e. The van der Waals surface area contributed by atoms with Crippen LogP contribution in [0.25, 0.3) is 11.3 Å². The molecule has 0 bridgehead atoms. The maximum atomic E-state index is 12.7. The molecule has 3 aromatic rings. The summed E-state index contributed by atoms with van der Waals surface area (Å²) in [5.41, 5.74) is 4.37. The molecular formula is C29H33N4O5+. The van der Waals surface area contributed by atoms with Gasteiger partial charge in [0, 0.05) is 49.5 Å². The molecule has 38 heavy (non-hydrogen) atoms. The van der Waals surface area contributed by atoms with E-state index < -0.39 is 10.6 Å². The summed E-state index contributed by atoms with van der Waals surface area (Å²) in [6.45, 7) is 5.01. The van der Waals surface area contributed by atoms with Gasteiger partial charge >= 0.3 is 11.9 Å². The average molecular weight is 518 g/mol. The Labute approximate surface area is 223 Å². The van der Waals surface area contributed by atoms with Crippen LogP contribution in [-0.4, -0.2) is 91.4 Å². The van der Waals surface area contributed by atoms with Crippen molar-refractivity contribution in [3.63, 3.8) is 0 Å². The molecule has 9 nitrogen and oxygen atoms in total. The average Bonchev–Trinajstić information content (AvgIpc) is 2.92. The fourth-order valence-corrected chi connectivity index (χ4v) is 3.82. The van der Waals surface area contributed by atoms with Crippen molar-refractivity contribution in [3.8, 4) is 29.1 Å². The van der Waals surface area contributed by atoms with Crippen LogP contribution in [-0.2, 0) is 16.0 Å². The van der Waals surface area contributed by atoms with Crippen molar-refractivity contribution >= 4 is 5.91 Å². The van der Waals surface area contributed by atoms with Gasteiger partial charge in [-0.3, -0.25) is 4.90 Å². The number of hydrogen-bond acceptors (Lipinski definition) is 8. The SMILES string of the molecule is COCCOc1nc(C(=O)[N+](C)(C)O)cc(-c2ccc(C#Cc3ccc(CN4CCOCC4)cc3)cc2)n1. The fourth-order valence-electron chi connectivity index (χ4n) is 3.82. The Balaban J connectivity index is 1.48. The number of hydroxylamine groups is 3. The summed E-state index contributed by atoms with van der Waals surface area (Å²) in [5, 5.41) is 10.1. The lowest BCUT2D eigenvalue weighted by atomic mass is 10.1. The van der Waals surface area contributed by atoms with E-state index in [9.17, 15) is 10.0 Å². The van der Waals surface area contributed by atoms with Crippen molar-refractivity contribution in [2.75, 3.05) is 60.7 Å². The number of ether oxygens (including phenoxy) is 3.